The first-order valence-electron chi connectivity index (χ1n) is 10.9. The maximum absolute atomic E-state index is 14.7. The number of thiazole rings is 1. The molecule has 0 aliphatic carbocycles. The Hall–Kier alpha value is -2.68. The second kappa shape index (κ2) is 10.7. The molecular formula is C22H23F4N5O3S2. The standard InChI is InChI=1S/C22H23F4N5O3S2/c1-12-10-30(19-16(23)7-13(9-27-19)6-14(33)11-32)4-5-31(12)21(34)29-20-28-17-3-2-15(8-18(17)35-20)36-22(24,25)26/h2-3,7-9,12,14,32-33H,4-6,10-11H2,1H3,(H,28,29,34)/t12-,14-/m0/s1. The van der Waals surface area contributed by atoms with Crippen LogP contribution in [0.25, 0.3) is 10.2 Å². The van der Waals surface area contributed by atoms with Crippen LogP contribution in [-0.2, 0) is 6.42 Å². The predicted molar refractivity (Wildman–Crippen MR) is 130 cm³/mol. The lowest BCUT2D eigenvalue weighted by Gasteiger charge is -2.40. The lowest BCUT2D eigenvalue weighted by atomic mass is 10.1. The van der Waals surface area contributed by atoms with Gasteiger partial charge >= 0.3 is 11.5 Å². The molecule has 0 bridgehead atoms. The molecule has 8 nitrogen and oxygen atoms in total. The van der Waals surface area contributed by atoms with Crippen molar-refractivity contribution in [2.24, 2.45) is 0 Å². The summed E-state index contributed by atoms with van der Waals surface area (Å²) in [7, 11) is 0. The minimum Gasteiger partial charge on any atom is -0.394 e. The molecule has 2 atom stereocenters. The van der Waals surface area contributed by atoms with Crippen molar-refractivity contribution in [1.82, 2.24) is 14.9 Å². The molecule has 3 N–H and O–H groups in total. The lowest BCUT2D eigenvalue weighted by Crippen LogP contribution is -2.55. The number of hydrogen-bond acceptors (Lipinski definition) is 8. The molecule has 2 amide bonds. The van der Waals surface area contributed by atoms with Gasteiger partial charge in [0.25, 0.3) is 0 Å². The Morgan fingerprint density at radius 2 is 2.11 bits per heavy atom. The molecule has 3 aromatic rings. The first kappa shape index (κ1) is 26.4. The Balaban J connectivity index is 1.38. The van der Waals surface area contributed by atoms with Gasteiger partial charge in [0.1, 0.15) is 0 Å². The molecule has 2 aromatic heterocycles. The van der Waals surface area contributed by atoms with Gasteiger partial charge < -0.3 is 20.0 Å². The molecule has 4 rings (SSSR count). The third kappa shape index (κ3) is 6.35. The van der Waals surface area contributed by atoms with Crippen molar-refractivity contribution in [2.75, 3.05) is 36.5 Å². The highest BCUT2D eigenvalue weighted by atomic mass is 32.2. The summed E-state index contributed by atoms with van der Waals surface area (Å²) in [6, 6.07) is 4.78. The van der Waals surface area contributed by atoms with E-state index in [0.29, 0.717) is 28.9 Å². The van der Waals surface area contributed by atoms with E-state index in [-0.39, 0.29) is 46.6 Å². The van der Waals surface area contributed by atoms with Crippen LogP contribution in [0.2, 0.25) is 0 Å². The van der Waals surface area contributed by atoms with E-state index in [1.807, 2.05) is 6.92 Å². The Labute approximate surface area is 211 Å². The number of aromatic nitrogens is 2. The quantitative estimate of drug-likeness (QED) is 0.317. The highest BCUT2D eigenvalue weighted by Gasteiger charge is 2.31. The van der Waals surface area contributed by atoms with Crippen LogP contribution in [0.15, 0.2) is 35.4 Å². The zero-order valence-electron chi connectivity index (χ0n) is 19.0. The van der Waals surface area contributed by atoms with Crippen molar-refractivity contribution < 1.29 is 32.6 Å². The number of halogens is 4. The number of fused-ring (bicyclic) bond motifs is 1. The van der Waals surface area contributed by atoms with Gasteiger partial charge in [-0.05, 0) is 48.5 Å². The van der Waals surface area contributed by atoms with Gasteiger partial charge in [-0.1, -0.05) is 11.3 Å². The third-order valence-electron chi connectivity index (χ3n) is 5.56. The first-order chi connectivity index (χ1) is 17.0. The number of alkyl halides is 3. The summed E-state index contributed by atoms with van der Waals surface area (Å²) in [6.07, 6.45) is 0.543. The number of piperazine rings is 1. The van der Waals surface area contributed by atoms with Crippen LogP contribution in [0.4, 0.5) is 33.3 Å². The van der Waals surface area contributed by atoms with E-state index in [4.69, 9.17) is 5.11 Å². The highest BCUT2D eigenvalue weighted by Crippen LogP contribution is 2.39. The molecule has 1 aliphatic heterocycles. The molecule has 14 heteroatoms. The molecule has 0 spiro atoms. The number of hydrogen-bond donors (Lipinski definition) is 3. The number of nitrogens with zero attached hydrogens (tertiary/aromatic N) is 4. The molecule has 1 aliphatic rings. The summed E-state index contributed by atoms with van der Waals surface area (Å²) in [5.74, 6) is -0.414. The number of anilines is 2. The summed E-state index contributed by atoms with van der Waals surface area (Å²) in [5, 5.41) is 21.5. The highest BCUT2D eigenvalue weighted by molar-refractivity contribution is 8.00. The Morgan fingerprint density at radius 3 is 2.78 bits per heavy atom. The van der Waals surface area contributed by atoms with Gasteiger partial charge in [0.2, 0.25) is 0 Å². The molecule has 0 saturated carbocycles. The van der Waals surface area contributed by atoms with E-state index in [1.54, 1.807) is 9.80 Å². The fourth-order valence-electron chi connectivity index (χ4n) is 3.92. The first-order valence-corrected chi connectivity index (χ1v) is 12.6. The van der Waals surface area contributed by atoms with Crippen LogP contribution in [0, 0.1) is 5.82 Å². The number of pyridine rings is 1. The number of amides is 2. The molecule has 0 radical (unpaired) electrons. The fourth-order valence-corrected chi connectivity index (χ4v) is 5.47. The Kier molecular flexibility index (Phi) is 7.87. The zero-order valence-corrected chi connectivity index (χ0v) is 20.6. The fraction of sp³-hybridized carbons (Fsp3) is 0.409. The van der Waals surface area contributed by atoms with Crippen molar-refractivity contribution in [1.29, 1.82) is 0 Å². The van der Waals surface area contributed by atoms with Gasteiger partial charge in [-0.2, -0.15) is 13.2 Å². The Morgan fingerprint density at radius 1 is 1.33 bits per heavy atom. The molecule has 36 heavy (non-hydrogen) atoms. The van der Waals surface area contributed by atoms with Crippen molar-refractivity contribution >= 4 is 50.3 Å². The summed E-state index contributed by atoms with van der Waals surface area (Å²) < 4.78 is 53.1. The van der Waals surface area contributed by atoms with E-state index in [1.165, 1.54) is 30.5 Å². The summed E-state index contributed by atoms with van der Waals surface area (Å²) in [6.45, 7) is 2.33. The molecular weight excluding hydrogens is 522 g/mol. The second-order valence-electron chi connectivity index (χ2n) is 8.30. The number of aliphatic hydroxyl groups excluding tert-OH is 2. The van der Waals surface area contributed by atoms with Crippen molar-refractivity contribution in [3.63, 3.8) is 0 Å². The average Bonchev–Trinajstić information content (AvgIpc) is 3.19. The molecule has 1 saturated heterocycles. The van der Waals surface area contributed by atoms with Crippen LogP contribution >= 0.6 is 23.1 Å². The van der Waals surface area contributed by atoms with Gasteiger partial charge in [-0.25, -0.2) is 19.2 Å². The maximum Gasteiger partial charge on any atom is 0.446 e. The van der Waals surface area contributed by atoms with Crippen molar-refractivity contribution in [2.45, 2.75) is 35.9 Å². The van der Waals surface area contributed by atoms with E-state index >= 15 is 0 Å². The van der Waals surface area contributed by atoms with Gasteiger partial charge in [-0.15, -0.1) is 0 Å². The van der Waals surface area contributed by atoms with Gasteiger partial charge in [0.15, 0.2) is 16.8 Å². The van der Waals surface area contributed by atoms with Crippen LogP contribution < -0.4 is 10.2 Å². The van der Waals surface area contributed by atoms with E-state index in [2.05, 4.69) is 15.3 Å². The Bertz CT molecular complexity index is 1240. The third-order valence-corrected chi connectivity index (χ3v) is 7.21. The summed E-state index contributed by atoms with van der Waals surface area (Å²) >= 11 is 0.874. The molecule has 0 unspecified atom stereocenters. The smallest absolute Gasteiger partial charge is 0.394 e. The number of carbonyl (C=O) groups is 1. The minimum atomic E-state index is -4.39. The number of carbonyl (C=O) groups excluding carboxylic acids is 1. The topological polar surface area (TPSA) is 102 Å². The minimum absolute atomic E-state index is 0.0414. The number of nitrogens with one attached hydrogen (secondary N) is 1. The maximum atomic E-state index is 14.7. The van der Waals surface area contributed by atoms with Gasteiger partial charge in [0.05, 0.1) is 22.9 Å². The van der Waals surface area contributed by atoms with E-state index in [0.717, 1.165) is 11.3 Å². The second-order valence-corrected chi connectivity index (χ2v) is 10.5. The largest absolute Gasteiger partial charge is 0.446 e. The van der Waals surface area contributed by atoms with Crippen molar-refractivity contribution in [3.05, 3.63) is 41.8 Å². The molecule has 1 fully saturated rings. The molecule has 3 heterocycles. The predicted octanol–water partition coefficient (Wildman–Crippen LogP) is 4.08. The molecule has 1 aromatic carbocycles. The van der Waals surface area contributed by atoms with Gasteiger partial charge in [0, 0.05) is 43.2 Å². The zero-order chi connectivity index (χ0) is 26.0. The summed E-state index contributed by atoms with van der Waals surface area (Å²) in [5.41, 5.74) is -3.45. The SMILES string of the molecule is C[C@H]1CN(c2ncc(C[C@H](O)CO)cc2F)CCN1C(=O)Nc1nc2ccc(SC(F)(F)F)cc2s1. The number of thioether (sulfide) groups is 1. The van der Waals surface area contributed by atoms with Crippen LogP contribution in [-0.4, -0.2) is 75.0 Å². The van der Waals surface area contributed by atoms with Crippen LogP contribution in [0.1, 0.15) is 12.5 Å². The lowest BCUT2D eigenvalue weighted by molar-refractivity contribution is -0.0328. The van der Waals surface area contributed by atoms with E-state index in [9.17, 15) is 27.5 Å². The van der Waals surface area contributed by atoms with Gasteiger partial charge in [-0.3, -0.25) is 5.32 Å². The summed E-state index contributed by atoms with van der Waals surface area (Å²) in [4.78, 5) is 24.7. The number of urea groups is 1. The number of benzene rings is 1. The normalized spacial score (nSPS) is 17.5. The monoisotopic (exact) mass is 545 g/mol. The number of rotatable bonds is 6. The number of aliphatic hydroxyl groups is 2. The van der Waals surface area contributed by atoms with Crippen LogP contribution in [0.3, 0.4) is 0 Å². The molecule has 194 valence electrons. The average molecular weight is 546 g/mol. The van der Waals surface area contributed by atoms with Crippen molar-refractivity contribution in [3.8, 4) is 0 Å². The van der Waals surface area contributed by atoms with Crippen LogP contribution in [0.5, 0.6) is 0 Å². The van der Waals surface area contributed by atoms with E-state index < -0.39 is 30.1 Å².